The lowest BCUT2D eigenvalue weighted by Crippen LogP contribution is -2.34. The molecular formula is C25H25FN2. The van der Waals surface area contributed by atoms with Gasteiger partial charge in [-0.25, -0.2) is 4.39 Å². The fourth-order valence-electron chi connectivity index (χ4n) is 4.82. The van der Waals surface area contributed by atoms with Crippen LogP contribution in [-0.2, 0) is 13.1 Å². The first-order valence-electron chi connectivity index (χ1n) is 10.1. The summed E-state index contributed by atoms with van der Waals surface area (Å²) in [5, 5.41) is 0. The average Bonchev–Trinajstić information content (AvgIpc) is 3.22. The number of nitrogens with zero attached hydrogens (tertiary/aromatic N) is 2. The summed E-state index contributed by atoms with van der Waals surface area (Å²) in [7, 11) is 0. The van der Waals surface area contributed by atoms with Crippen LogP contribution in [0.4, 0.5) is 10.1 Å². The van der Waals surface area contributed by atoms with Crippen molar-refractivity contribution in [2.75, 3.05) is 18.0 Å². The van der Waals surface area contributed by atoms with Crippen molar-refractivity contribution in [3.05, 3.63) is 102 Å². The van der Waals surface area contributed by atoms with Gasteiger partial charge in [-0.15, -0.1) is 0 Å². The van der Waals surface area contributed by atoms with Gasteiger partial charge in [0.1, 0.15) is 5.82 Å². The second kappa shape index (κ2) is 7.40. The van der Waals surface area contributed by atoms with Crippen molar-refractivity contribution >= 4 is 5.69 Å². The summed E-state index contributed by atoms with van der Waals surface area (Å²) in [4.78, 5) is 4.99. The molecule has 2 aliphatic rings. The Bertz CT molecular complexity index is 874. The lowest BCUT2D eigenvalue weighted by Gasteiger charge is -2.28. The monoisotopic (exact) mass is 372 g/mol. The van der Waals surface area contributed by atoms with Crippen LogP contribution in [-0.4, -0.2) is 24.0 Å². The molecule has 1 aliphatic heterocycles. The van der Waals surface area contributed by atoms with Gasteiger partial charge in [-0.2, -0.15) is 0 Å². The number of halogens is 1. The Morgan fingerprint density at radius 3 is 1.86 bits per heavy atom. The van der Waals surface area contributed by atoms with Crippen LogP contribution in [0.3, 0.4) is 0 Å². The first-order chi connectivity index (χ1) is 13.8. The number of anilines is 1. The van der Waals surface area contributed by atoms with Crippen molar-refractivity contribution in [2.24, 2.45) is 11.8 Å². The van der Waals surface area contributed by atoms with Crippen LogP contribution in [0.25, 0.3) is 0 Å². The molecule has 1 saturated carbocycles. The number of hydrogen-bond acceptors (Lipinski definition) is 2. The largest absolute Gasteiger partial charge is 0.371 e. The van der Waals surface area contributed by atoms with Crippen molar-refractivity contribution in [2.45, 2.75) is 19.1 Å². The molecule has 5 rings (SSSR count). The highest BCUT2D eigenvalue weighted by Crippen LogP contribution is 2.50. The molecule has 0 radical (unpaired) electrons. The third-order valence-electron chi connectivity index (χ3n) is 6.20. The SMILES string of the molecule is Fc1cccc(N2CC3C(N(Cc4ccccc4)Cc4ccccc4)[C@H]3C2)c1. The van der Waals surface area contributed by atoms with Crippen LogP contribution in [0.2, 0.25) is 0 Å². The molecular weight excluding hydrogens is 347 g/mol. The minimum Gasteiger partial charge on any atom is -0.371 e. The molecule has 2 unspecified atom stereocenters. The lowest BCUT2D eigenvalue weighted by atomic mass is 10.1. The smallest absolute Gasteiger partial charge is 0.125 e. The maximum Gasteiger partial charge on any atom is 0.125 e. The Balaban J connectivity index is 1.31. The zero-order chi connectivity index (χ0) is 18.9. The molecule has 0 N–H and O–H groups in total. The second-order valence-corrected chi connectivity index (χ2v) is 8.08. The summed E-state index contributed by atoms with van der Waals surface area (Å²) < 4.78 is 13.6. The highest BCUT2D eigenvalue weighted by Gasteiger charge is 2.58. The summed E-state index contributed by atoms with van der Waals surface area (Å²) >= 11 is 0. The molecule has 3 atom stereocenters. The van der Waals surface area contributed by atoms with Gasteiger partial charge in [-0.05, 0) is 41.2 Å². The van der Waals surface area contributed by atoms with E-state index >= 15 is 0 Å². The molecule has 1 aliphatic carbocycles. The van der Waals surface area contributed by atoms with E-state index in [0.29, 0.717) is 17.9 Å². The maximum atomic E-state index is 13.6. The molecule has 2 nitrogen and oxygen atoms in total. The third kappa shape index (κ3) is 3.55. The van der Waals surface area contributed by atoms with Crippen molar-refractivity contribution in [3.8, 4) is 0 Å². The Kier molecular flexibility index (Phi) is 4.61. The molecule has 0 aromatic heterocycles. The van der Waals surface area contributed by atoms with E-state index in [4.69, 9.17) is 0 Å². The van der Waals surface area contributed by atoms with E-state index in [0.717, 1.165) is 31.9 Å². The Hall–Kier alpha value is -2.65. The minimum atomic E-state index is -0.149. The number of fused-ring (bicyclic) bond motifs is 1. The van der Waals surface area contributed by atoms with Gasteiger partial charge >= 0.3 is 0 Å². The molecule has 3 aromatic rings. The topological polar surface area (TPSA) is 6.48 Å². The van der Waals surface area contributed by atoms with Gasteiger partial charge in [0.15, 0.2) is 0 Å². The molecule has 1 heterocycles. The van der Waals surface area contributed by atoms with Gasteiger partial charge in [0.25, 0.3) is 0 Å². The number of benzene rings is 3. The van der Waals surface area contributed by atoms with Crippen molar-refractivity contribution in [1.29, 1.82) is 0 Å². The van der Waals surface area contributed by atoms with Gasteiger partial charge in [0, 0.05) is 37.9 Å². The quantitative estimate of drug-likeness (QED) is 0.603. The Morgan fingerprint density at radius 1 is 0.750 bits per heavy atom. The van der Waals surface area contributed by atoms with Crippen LogP contribution in [0.5, 0.6) is 0 Å². The molecule has 28 heavy (non-hydrogen) atoms. The fraction of sp³-hybridized carbons (Fsp3) is 0.280. The Morgan fingerprint density at radius 2 is 1.32 bits per heavy atom. The van der Waals surface area contributed by atoms with Crippen LogP contribution >= 0.6 is 0 Å². The summed E-state index contributed by atoms with van der Waals surface area (Å²) in [6.07, 6.45) is 0. The van der Waals surface area contributed by atoms with Crippen LogP contribution < -0.4 is 4.90 Å². The van der Waals surface area contributed by atoms with E-state index in [1.807, 2.05) is 12.1 Å². The van der Waals surface area contributed by atoms with Gasteiger partial charge in [-0.3, -0.25) is 4.90 Å². The van der Waals surface area contributed by atoms with Gasteiger partial charge < -0.3 is 4.90 Å². The summed E-state index contributed by atoms with van der Waals surface area (Å²) in [6.45, 7) is 4.01. The predicted molar refractivity (Wildman–Crippen MR) is 112 cm³/mol. The number of piperidine rings is 1. The van der Waals surface area contributed by atoms with E-state index < -0.39 is 0 Å². The number of hydrogen-bond donors (Lipinski definition) is 0. The summed E-state index contributed by atoms with van der Waals surface area (Å²) in [5.41, 5.74) is 3.75. The molecule has 0 bridgehead atoms. The van der Waals surface area contributed by atoms with Crippen LogP contribution in [0, 0.1) is 17.7 Å². The molecule has 142 valence electrons. The van der Waals surface area contributed by atoms with Gasteiger partial charge in [-0.1, -0.05) is 66.7 Å². The van der Waals surface area contributed by atoms with E-state index in [1.165, 1.54) is 17.2 Å². The lowest BCUT2D eigenvalue weighted by molar-refractivity contribution is 0.222. The second-order valence-electron chi connectivity index (χ2n) is 8.08. The first-order valence-corrected chi connectivity index (χ1v) is 10.1. The highest BCUT2D eigenvalue weighted by molar-refractivity contribution is 5.49. The average molecular weight is 372 g/mol. The molecule has 0 spiro atoms. The Labute approximate surface area is 166 Å². The zero-order valence-corrected chi connectivity index (χ0v) is 15.9. The summed E-state index contributed by atoms with van der Waals surface area (Å²) in [5.74, 6) is 1.20. The molecule has 2 fully saturated rings. The van der Waals surface area contributed by atoms with E-state index in [1.54, 1.807) is 6.07 Å². The fourth-order valence-corrected chi connectivity index (χ4v) is 4.82. The summed E-state index contributed by atoms with van der Waals surface area (Å²) in [6, 6.07) is 29.1. The molecule has 0 amide bonds. The standard InChI is InChI=1S/C25H25FN2/c26-21-12-7-13-22(14-21)27-17-23-24(18-27)25(23)28(15-19-8-3-1-4-9-19)16-20-10-5-2-6-11-20/h1-14,23-25H,15-18H2/t23-,24?,25?/m0/s1. The predicted octanol–water partition coefficient (Wildman–Crippen LogP) is 4.96. The molecule has 3 aromatic carbocycles. The molecule has 3 heteroatoms. The zero-order valence-electron chi connectivity index (χ0n) is 15.9. The van der Waals surface area contributed by atoms with Crippen molar-refractivity contribution in [3.63, 3.8) is 0 Å². The minimum absolute atomic E-state index is 0.149. The van der Waals surface area contributed by atoms with E-state index in [9.17, 15) is 4.39 Å². The third-order valence-corrected chi connectivity index (χ3v) is 6.20. The van der Waals surface area contributed by atoms with E-state index in [2.05, 4.69) is 70.5 Å². The number of rotatable bonds is 6. The van der Waals surface area contributed by atoms with Crippen molar-refractivity contribution < 1.29 is 4.39 Å². The maximum absolute atomic E-state index is 13.6. The highest BCUT2D eigenvalue weighted by atomic mass is 19.1. The normalized spacial score (nSPS) is 23.1. The molecule has 1 saturated heterocycles. The van der Waals surface area contributed by atoms with Crippen LogP contribution in [0.15, 0.2) is 84.9 Å². The van der Waals surface area contributed by atoms with Gasteiger partial charge in [0.2, 0.25) is 0 Å². The van der Waals surface area contributed by atoms with Crippen molar-refractivity contribution in [1.82, 2.24) is 4.90 Å². The van der Waals surface area contributed by atoms with Gasteiger partial charge in [0.05, 0.1) is 0 Å². The van der Waals surface area contributed by atoms with Crippen LogP contribution in [0.1, 0.15) is 11.1 Å². The van der Waals surface area contributed by atoms with E-state index in [-0.39, 0.29) is 5.82 Å². The first kappa shape index (κ1) is 17.4.